The van der Waals surface area contributed by atoms with Crippen molar-refractivity contribution in [3.05, 3.63) is 53.3 Å². The lowest BCUT2D eigenvalue weighted by molar-refractivity contribution is -0.128. The topological polar surface area (TPSA) is 65.8 Å². The molecule has 8 heteroatoms. The number of aliphatic imine (C=N–C) groups is 1. The minimum atomic E-state index is 0. The number of amides is 1. The molecule has 4 rings (SSSR count). The Kier molecular flexibility index (Phi) is 8.34. The Hall–Kier alpha value is -2.10. The van der Waals surface area contributed by atoms with Crippen LogP contribution in [0.5, 0.6) is 0 Å². The van der Waals surface area contributed by atoms with Crippen LogP contribution in [0.1, 0.15) is 48.8 Å². The van der Waals surface area contributed by atoms with E-state index in [0.717, 1.165) is 45.0 Å². The molecule has 1 amide bonds. The van der Waals surface area contributed by atoms with Crippen molar-refractivity contribution in [3.63, 3.8) is 0 Å². The molecule has 0 aliphatic carbocycles. The zero-order valence-electron chi connectivity index (χ0n) is 18.5. The Morgan fingerprint density at radius 3 is 2.84 bits per heavy atom. The number of likely N-dealkylation sites (tertiary alicyclic amines) is 2. The first kappa shape index (κ1) is 23.6. The first-order valence-corrected chi connectivity index (χ1v) is 11.0. The van der Waals surface area contributed by atoms with Crippen LogP contribution in [0.2, 0.25) is 0 Å². The molecule has 1 aromatic heterocycles. The maximum atomic E-state index is 11.9. The molecule has 2 aromatic rings. The fraction of sp³-hybridized carbons (Fsp3) is 0.522. The first-order valence-electron chi connectivity index (χ1n) is 11.0. The summed E-state index contributed by atoms with van der Waals surface area (Å²) in [7, 11) is 1.97. The lowest BCUT2D eigenvalue weighted by Crippen LogP contribution is -2.40. The van der Waals surface area contributed by atoms with Gasteiger partial charge in [-0.1, -0.05) is 24.3 Å². The lowest BCUT2D eigenvalue weighted by Gasteiger charge is -2.21. The van der Waals surface area contributed by atoms with Gasteiger partial charge in [-0.05, 0) is 36.5 Å². The molecular formula is C23H33IN6O. The van der Waals surface area contributed by atoms with E-state index < -0.39 is 0 Å². The van der Waals surface area contributed by atoms with Crippen molar-refractivity contribution in [2.75, 3.05) is 26.2 Å². The van der Waals surface area contributed by atoms with Crippen LogP contribution < -0.4 is 5.32 Å². The summed E-state index contributed by atoms with van der Waals surface area (Å²) in [6.07, 6.45) is 6.88. The van der Waals surface area contributed by atoms with E-state index in [1.807, 2.05) is 22.8 Å². The quantitative estimate of drug-likeness (QED) is 0.350. The number of rotatable bonds is 6. The normalized spacial score (nSPS) is 19.1. The second-order valence-electron chi connectivity index (χ2n) is 8.29. The van der Waals surface area contributed by atoms with Gasteiger partial charge in [0.25, 0.3) is 0 Å². The molecule has 2 fully saturated rings. The van der Waals surface area contributed by atoms with E-state index >= 15 is 0 Å². The number of hydrogen-bond donors (Lipinski definition) is 1. The van der Waals surface area contributed by atoms with Crippen molar-refractivity contribution in [2.45, 2.75) is 45.2 Å². The molecule has 0 spiro atoms. The van der Waals surface area contributed by atoms with Gasteiger partial charge in [0.1, 0.15) is 0 Å². The molecule has 7 nitrogen and oxygen atoms in total. The standard InChI is InChI=1S/C23H32N6O.HI/c1-3-24-23(29-11-9-20(17-29)21-14-26-27(2)16-21)25-13-18-6-4-7-19(12-18)15-28-10-5-8-22(28)30;/h4,6-7,12,14,16,20H,3,5,8-11,13,15,17H2,1-2H3,(H,24,25);1H. The summed E-state index contributed by atoms with van der Waals surface area (Å²) in [6.45, 7) is 7.14. The fourth-order valence-electron chi connectivity index (χ4n) is 4.39. The minimum Gasteiger partial charge on any atom is -0.357 e. The molecule has 168 valence electrons. The average molecular weight is 536 g/mol. The SMILES string of the molecule is CCNC(=NCc1cccc(CN2CCCC2=O)c1)N1CCC(c2cnn(C)c2)C1.I. The van der Waals surface area contributed by atoms with E-state index in [2.05, 4.69) is 52.7 Å². The molecule has 0 radical (unpaired) electrons. The highest BCUT2D eigenvalue weighted by atomic mass is 127. The Balaban J connectivity index is 0.00000272. The van der Waals surface area contributed by atoms with Crippen molar-refractivity contribution in [3.8, 4) is 0 Å². The number of nitrogens with zero attached hydrogens (tertiary/aromatic N) is 5. The number of carbonyl (C=O) groups excluding carboxylic acids is 1. The smallest absolute Gasteiger partial charge is 0.222 e. The van der Waals surface area contributed by atoms with Gasteiger partial charge < -0.3 is 15.1 Å². The molecule has 0 saturated carbocycles. The minimum absolute atomic E-state index is 0. The van der Waals surface area contributed by atoms with Crippen LogP contribution in [0.4, 0.5) is 0 Å². The molecule has 2 aliphatic rings. The molecule has 1 atom stereocenters. The first-order chi connectivity index (χ1) is 14.6. The zero-order chi connectivity index (χ0) is 20.9. The second-order valence-corrected chi connectivity index (χ2v) is 8.29. The summed E-state index contributed by atoms with van der Waals surface area (Å²) >= 11 is 0. The predicted molar refractivity (Wildman–Crippen MR) is 133 cm³/mol. The summed E-state index contributed by atoms with van der Waals surface area (Å²) in [4.78, 5) is 21.1. The maximum Gasteiger partial charge on any atom is 0.222 e. The molecular weight excluding hydrogens is 503 g/mol. The van der Waals surface area contributed by atoms with Gasteiger partial charge in [0.15, 0.2) is 5.96 Å². The zero-order valence-corrected chi connectivity index (χ0v) is 20.8. The number of hydrogen-bond acceptors (Lipinski definition) is 3. The van der Waals surface area contributed by atoms with Crippen LogP contribution in [-0.4, -0.2) is 57.6 Å². The monoisotopic (exact) mass is 536 g/mol. The average Bonchev–Trinajstić information content (AvgIpc) is 3.48. The molecule has 2 aliphatic heterocycles. The highest BCUT2D eigenvalue weighted by Gasteiger charge is 2.27. The number of guanidine groups is 1. The maximum absolute atomic E-state index is 11.9. The number of nitrogens with one attached hydrogen (secondary N) is 1. The van der Waals surface area contributed by atoms with Gasteiger partial charge in [-0.3, -0.25) is 9.48 Å². The van der Waals surface area contributed by atoms with Crippen LogP contribution in [0.25, 0.3) is 0 Å². The van der Waals surface area contributed by atoms with Crippen molar-refractivity contribution in [1.29, 1.82) is 0 Å². The third-order valence-electron chi connectivity index (χ3n) is 5.97. The van der Waals surface area contributed by atoms with E-state index in [4.69, 9.17) is 4.99 Å². The van der Waals surface area contributed by atoms with Gasteiger partial charge in [0, 0.05) is 58.3 Å². The lowest BCUT2D eigenvalue weighted by atomic mass is 10.0. The van der Waals surface area contributed by atoms with Gasteiger partial charge >= 0.3 is 0 Å². The second kappa shape index (κ2) is 11.0. The largest absolute Gasteiger partial charge is 0.357 e. The van der Waals surface area contributed by atoms with E-state index in [1.54, 1.807) is 0 Å². The molecule has 1 N–H and O–H groups in total. The van der Waals surface area contributed by atoms with Gasteiger partial charge in [-0.15, -0.1) is 24.0 Å². The Morgan fingerprint density at radius 1 is 1.29 bits per heavy atom. The van der Waals surface area contributed by atoms with Crippen molar-refractivity contribution < 1.29 is 4.79 Å². The number of benzene rings is 1. The van der Waals surface area contributed by atoms with E-state index in [0.29, 0.717) is 25.4 Å². The third-order valence-corrected chi connectivity index (χ3v) is 5.97. The summed E-state index contributed by atoms with van der Waals surface area (Å²) < 4.78 is 1.87. The van der Waals surface area contributed by atoms with Crippen LogP contribution in [0.3, 0.4) is 0 Å². The Labute approximate surface area is 201 Å². The van der Waals surface area contributed by atoms with Crippen LogP contribution >= 0.6 is 24.0 Å². The highest BCUT2D eigenvalue weighted by Crippen LogP contribution is 2.26. The molecule has 1 unspecified atom stereocenters. The van der Waals surface area contributed by atoms with Gasteiger partial charge in [-0.25, -0.2) is 4.99 Å². The van der Waals surface area contributed by atoms with Gasteiger partial charge in [0.2, 0.25) is 5.91 Å². The summed E-state index contributed by atoms with van der Waals surface area (Å²) in [5.74, 6) is 1.75. The number of aromatic nitrogens is 2. The van der Waals surface area contributed by atoms with Crippen molar-refractivity contribution in [1.82, 2.24) is 24.9 Å². The van der Waals surface area contributed by atoms with E-state index in [9.17, 15) is 4.79 Å². The summed E-state index contributed by atoms with van der Waals surface area (Å²) in [5, 5.41) is 7.77. The summed E-state index contributed by atoms with van der Waals surface area (Å²) in [6, 6.07) is 8.47. The number of halogens is 1. The molecule has 1 aromatic carbocycles. The summed E-state index contributed by atoms with van der Waals surface area (Å²) in [5.41, 5.74) is 3.67. The molecule has 3 heterocycles. The predicted octanol–water partition coefficient (Wildman–Crippen LogP) is 3.12. The van der Waals surface area contributed by atoms with Crippen LogP contribution in [-0.2, 0) is 24.9 Å². The van der Waals surface area contributed by atoms with E-state index in [1.165, 1.54) is 16.7 Å². The Bertz CT molecular complexity index is 911. The van der Waals surface area contributed by atoms with Crippen molar-refractivity contribution in [2.24, 2.45) is 12.0 Å². The van der Waals surface area contributed by atoms with Gasteiger partial charge in [-0.2, -0.15) is 5.10 Å². The number of aryl methyl sites for hydroxylation is 1. The highest BCUT2D eigenvalue weighted by molar-refractivity contribution is 14.0. The Morgan fingerprint density at radius 2 is 2.13 bits per heavy atom. The van der Waals surface area contributed by atoms with Crippen molar-refractivity contribution >= 4 is 35.8 Å². The molecule has 0 bridgehead atoms. The van der Waals surface area contributed by atoms with Crippen LogP contribution in [0, 0.1) is 0 Å². The third kappa shape index (κ3) is 5.99. The van der Waals surface area contributed by atoms with Gasteiger partial charge in [0.05, 0.1) is 12.7 Å². The van der Waals surface area contributed by atoms with Crippen LogP contribution in [0.15, 0.2) is 41.7 Å². The fourth-order valence-corrected chi connectivity index (χ4v) is 4.39. The molecule has 31 heavy (non-hydrogen) atoms. The number of carbonyl (C=O) groups is 1. The van der Waals surface area contributed by atoms with E-state index in [-0.39, 0.29) is 29.9 Å². The molecule has 2 saturated heterocycles.